The summed E-state index contributed by atoms with van der Waals surface area (Å²) >= 11 is 5.76. The van der Waals surface area contributed by atoms with Crippen LogP contribution in [-0.2, 0) is 7.05 Å². The van der Waals surface area contributed by atoms with E-state index in [4.69, 9.17) is 11.6 Å². The number of hydrogen-bond acceptors (Lipinski definition) is 0. The van der Waals surface area contributed by atoms with Crippen molar-refractivity contribution in [2.45, 2.75) is 6.92 Å². The molecule has 0 aliphatic heterocycles. The lowest BCUT2D eigenvalue weighted by Gasteiger charge is -1.90. The van der Waals surface area contributed by atoms with Gasteiger partial charge in [-0.2, -0.15) is 0 Å². The normalized spacial score (nSPS) is 9.88. The molecule has 1 aromatic heterocycles. The van der Waals surface area contributed by atoms with Crippen LogP contribution in [0, 0.1) is 6.92 Å². The molecule has 0 aromatic carbocycles. The standard InChI is InChI=1S/C6H8ClN/c1-5-3-4-8(2)6(5)7/h3-4H,1-2H3. The second kappa shape index (κ2) is 1.82. The minimum atomic E-state index is 0.824. The molecule has 0 unspecified atom stereocenters. The average molecular weight is 130 g/mol. The van der Waals surface area contributed by atoms with Crippen LogP contribution in [0.4, 0.5) is 0 Å². The van der Waals surface area contributed by atoms with Crippen LogP contribution in [0.25, 0.3) is 0 Å². The second-order valence-electron chi connectivity index (χ2n) is 1.90. The summed E-state index contributed by atoms with van der Waals surface area (Å²) in [7, 11) is 1.93. The number of hydrogen-bond donors (Lipinski definition) is 0. The summed E-state index contributed by atoms with van der Waals surface area (Å²) in [4.78, 5) is 0. The zero-order valence-electron chi connectivity index (χ0n) is 4.98. The smallest absolute Gasteiger partial charge is 0.111 e. The molecule has 0 saturated heterocycles. The summed E-state index contributed by atoms with van der Waals surface area (Å²) in [5.41, 5.74) is 1.13. The largest absolute Gasteiger partial charge is 0.342 e. The van der Waals surface area contributed by atoms with E-state index in [0.717, 1.165) is 10.7 Å². The Morgan fingerprint density at radius 1 is 1.62 bits per heavy atom. The summed E-state index contributed by atoms with van der Waals surface area (Å²) in [6.45, 7) is 1.99. The van der Waals surface area contributed by atoms with E-state index in [1.807, 2.05) is 30.8 Å². The first-order valence-electron chi connectivity index (χ1n) is 2.49. The van der Waals surface area contributed by atoms with Gasteiger partial charge in [-0.25, -0.2) is 0 Å². The molecule has 0 saturated carbocycles. The molecule has 1 nitrogen and oxygen atoms in total. The highest BCUT2D eigenvalue weighted by atomic mass is 35.5. The van der Waals surface area contributed by atoms with E-state index in [0.29, 0.717) is 0 Å². The molecule has 2 heteroatoms. The molecule has 8 heavy (non-hydrogen) atoms. The van der Waals surface area contributed by atoms with Crippen LogP contribution in [-0.4, -0.2) is 4.57 Å². The van der Waals surface area contributed by atoms with Gasteiger partial charge in [0.15, 0.2) is 0 Å². The lowest BCUT2D eigenvalue weighted by molar-refractivity contribution is 0.926. The van der Waals surface area contributed by atoms with E-state index in [1.165, 1.54) is 0 Å². The predicted molar refractivity (Wildman–Crippen MR) is 35.2 cm³/mol. The highest BCUT2D eigenvalue weighted by molar-refractivity contribution is 6.30. The fourth-order valence-corrected chi connectivity index (χ4v) is 0.755. The first-order valence-corrected chi connectivity index (χ1v) is 2.87. The first-order chi connectivity index (χ1) is 3.72. The SMILES string of the molecule is Cc1ccn(C)c1Cl. The zero-order valence-corrected chi connectivity index (χ0v) is 5.74. The number of aryl methyl sites for hydroxylation is 2. The highest BCUT2D eigenvalue weighted by Gasteiger charge is 1.94. The van der Waals surface area contributed by atoms with E-state index in [9.17, 15) is 0 Å². The maximum atomic E-state index is 5.76. The van der Waals surface area contributed by atoms with Crippen molar-refractivity contribution in [1.29, 1.82) is 0 Å². The van der Waals surface area contributed by atoms with Crippen LogP contribution in [0.2, 0.25) is 5.15 Å². The zero-order chi connectivity index (χ0) is 6.15. The van der Waals surface area contributed by atoms with Gasteiger partial charge in [-0.1, -0.05) is 11.6 Å². The summed E-state index contributed by atoms with van der Waals surface area (Å²) in [5.74, 6) is 0. The van der Waals surface area contributed by atoms with Crippen molar-refractivity contribution in [2.75, 3.05) is 0 Å². The van der Waals surface area contributed by atoms with Gasteiger partial charge in [0.1, 0.15) is 5.15 Å². The van der Waals surface area contributed by atoms with E-state index in [-0.39, 0.29) is 0 Å². The van der Waals surface area contributed by atoms with Crippen molar-refractivity contribution in [2.24, 2.45) is 7.05 Å². The van der Waals surface area contributed by atoms with E-state index in [1.54, 1.807) is 0 Å². The van der Waals surface area contributed by atoms with Crippen molar-refractivity contribution < 1.29 is 0 Å². The summed E-state index contributed by atoms with van der Waals surface area (Å²) in [5, 5.41) is 0.824. The lowest BCUT2D eigenvalue weighted by Crippen LogP contribution is -1.82. The van der Waals surface area contributed by atoms with Gasteiger partial charge in [0.05, 0.1) is 0 Å². The third-order valence-electron chi connectivity index (χ3n) is 1.18. The van der Waals surface area contributed by atoms with Crippen LogP contribution in [0.1, 0.15) is 5.56 Å². The molecule has 0 bridgehead atoms. The Kier molecular flexibility index (Phi) is 1.30. The fraction of sp³-hybridized carbons (Fsp3) is 0.333. The summed E-state index contributed by atoms with van der Waals surface area (Å²) in [6, 6.07) is 1.99. The van der Waals surface area contributed by atoms with Gasteiger partial charge in [0, 0.05) is 13.2 Å². The molecule has 0 aliphatic rings. The molecule has 0 spiro atoms. The lowest BCUT2D eigenvalue weighted by atomic mass is 10.4. The van der Waals surface area contributed by atoms with Crippen LogP contribution in [0.3, 0.4) is 0 Å². The number of halogens is 1. The molecule has 0 aliphatic carbocycles. The third-order valence-corrected chi connectivity index (χ3v) is 1.75. The minimum absolute atomic E-state index is 0.824. The molecular weight excluding hydrogens is 122 g/mol. The molecular formula is C6H8ClN. The van der Waals surface area contributed by atoms with E-state index in [2.05, 4.69) is 0 Å². The quantitative estimate of drug-likeness (QED) is 0.505. The van der Waals surface area contributed by atoms with E-state index < -0.39 is 0 Å². The number of aromatic nitrogens is 1. The monoisotopic (exact) mass is 129 g/mol. The van der Waals surface area contributed by atoms with Gasteiger partial charge in [0.25, 0.3) is 0 Å². The van der Waals surface area contributed by atoms with Gasteiger partial charge in [-0.3, -0.25) is 0 Å². The van der Waals surface area contributed by atoms with Gasteiger partial charge >= 0.3 is 0 Å². The minimum Gasteiger partial charge on any atom is -0.342 e. The Balaban J connectivity index is 3.19. The van der Waals surface area contributed by atoms with E-state index >= 15 is 0 Å². The molecule has 0 atom stereocenters. The predicted octanol–water partition coefficient (Wildman–Crippen LogP) is 1.99. The van der Waals surface area contributed by atoms with Crippen molar-refractivity contribution in [3.8, 4) is 0 Å². The Bertz CT molecular complexity index is 171. The van der Waals surface area contributed by atoms with Crippen LogP contribution in [0.5, 0.6) is 0 Å². The molecule has 44 valence electrons. The molecule has 1 rings (SSSR count). The van der Waals surface area contributed by atoms with Crippen LogP contribution < -0.4 is 0 Å². The molecule has 0 radical (unpaired) electrons. The molecule has 0 fully saturated rings. The van der Waals surface area contributed by atoms with Gasteiger partial charge < -0.3 is 4.57 Å². The number of rotatable bonds is 0. The fourth-order valence-electron chi connectivity index (χ4n) is 0.636. The first kappa shape index (κ1) is 5.70. The Morgan fingerprint density at radius 3 is 2.38 bits per heavy atom. The molecule has 1 heterocycles. The average Bonchev–Trinajstić information content (AvgIpc) is 1.98. The van der Waals surface area contributed by atoms with Crippen molar-refractivity contribution in [3.63, 3.8) is 0 Å². The second-order valence-corrected chi connectivity index (χ2v) is 2.26. The Morgan fingerprint density at radius 2 is 2.25 bits per heavy atom. The molecule has 1 aromatic rings. The molecule has 0 N–H and O–H groups in total. The van der Waals surface area contributed by atoms with Gasteiger partial charge in [-0.15, -0.1) is 0 Å². The third kappa shape index (κ3) is 0.736. The maximum Gasteiger partial charge on any atom is 0.111 e. The Hall–Kier alpha value is -0.430. The highest BCUT2D eigenvalue weighted by Crippen LogP contribution is 2.13. The summed E-state index contributed by atoms with van der Waals surface area (Å²) in [6.07, 6.45) is 1.94. The topological polar surface area (TPSA) is 4.93 Å². The van der Waals surface area contributed by atoms with Gasteiger partial charge in [-0.05, 0) is 18.6 Å². The van der Waals surface area contributed by atoms with Crippen molar-refractivity contribution >= 4 is 11.6 Å². The van der Waals surface area contributed by atoms with Crippen LogP contribution >= 0.6 is 11.6 Å². The molecule has 0 amide bonds. The van der Waals surface area contributed by atoms with Gasteiger partial charge in [0.2, 0.25) is 0 Å². The Labute approximate surface area is 53.9 Å². The summed E-state index contributed by atoms with van der Waals surface area (Å²) < 4.78 is 1.89. The van der Waals surface area contributed by atoms with Crippen molar-refractivity contribution in [3.05, 3.63) is 23.0 Å². The van der Waals surface area contributed by atoms with Crippen LogP contribution in [0.15, 0.2) is 12.3 Å². The number of nitrogens with zero attached hydrogens (tertiary/aromatic N) is 1. The maximum absolute atomic E-state index is 5.76. The van der Waals surface area contributed by atoms with Crippen molar-refractivity contribution in [1.82, 2.24) is 4.57 Å².